The molecule has 1 aliphatic rings. The van der Waals surface area contributed by atoms with E-state index in [9.17, 15) is 9.59 Å². The highest BCUT2D eigenvalue weighted by molar-refractivity contribution is 5.76. The van der Waals surface area contributed by atoms with Crippen molar-refractivity contribution in [3.05, 3.63) is 0 Å². The van der Waals surface area contributed by atoms with Gasteiger partial charge in [-0.25, -0.2) is 4.79 Å². The number of rotatable bonds is 5. The van der Waals surface area contributed by atoms with Crippen LogP contribution in [0.2, 0.25) is 0 Å². The highest BCUT2D eigenvalue weighted by atomic mass is 16.5. The maximum Gasteiger partial charge on any atom is 0.317 e. The van der Waals surface area contributed by atoms with Crippen molar-refractivity contribution in [2.45, 2.75) is 44.9 Å². The number of carbonyl (C=O) groups excluding carboxylic acids is 1. The first-order chi connectivity index (χ1) is 8.96. The van der Waals surface area contributed by atoms with Crippen LogP contribution in [0, 0.1) is 0 Å². The summed E-state index contributed by atoms with van der Waals surface area (Å²) >= 11 is 0. The molecule has 7 heteroatoms. The van der Waals surface area contributed by atoms with Crippen LogP contribution in [0.4, 0.5) is 4.79 Å². The van der Waals surface area contributed by atoms with Crippen molar-refractivity contribution in [3.8, 4) is 0 Å². The first-order valence-electron chi connectivity index (χ1n) is 6.49. The van der Waals surface area contributed by atoms with Crippen molar-refractivity contribution in [1.29, 1.82) is 0 Å². The van der Waals surface area contributed by atoms with Gasteiger partial charge in [-0.2, -0.15) is 0 Å². The van der Waals surface area contributed by atoms with Crippen LogP contribution in [-0.4, -0.2) is 65.1 Å². The van der Waals surface area contributed by atoms with Crippen molar-refractivity contribution in [3.63, 3.8) is 0 Å². The van der Waals surface area contributed by atoms with Gasteiger partial charge in [0.05, 0.1) is 31.8 Å². The molecule has 3 N–H and O–H groups in total. The molecular weight excluding hydrogens is 252 g/mol. The number of carboxylic acid groups (broad SMARTS) is 1. The number of urea groups is 1. The summed E-state index contributed by atoms with van der Waals surface area (Å²) in [4.78, 5) is 24.3. The van der Waals surface area contributed by atoms with Crippen LogP contribution in [0.25, 0.3) is 0 Å². The molecule has 0 aliphatic carbocycles. The van der Waals surface area contributed by atoms with Crippen molar-refractivity contribution in [1.82, 2.24) is 10.2 Å². The van der Waals surface area contributed by atoms with Crippen LogP contribution >= 0.6 is 0 Å². The topological polar surface area (TPSA) is 99.1 Å². The van der Waals surface area contributed by atoms with Gasteiger partial charge < -0.3 is 25.2 Å². The Balaban J connectivity index is 2.53. The Morgan fingerprint density at radius 3 is 2.68 bits per heavy atom. The number of aliphatic hydroxyl groups is 1. The summed E-state index contributed by atoms with van der Waals surface area (Å²) in [5, 5.41) is 20.5. The molecule has 0 bridgehead atoms. The number of aliphatic carboxylic acids is 1. The van der Waals surface area contributed by atoms with Gasteiger partial charge in [-0.15, -0.1) is 0 Å². The first kappa shape index (κ1) is 15.7. The Morgan fingerprint density at radius 2 is 2.16 bits per heavy atom. The molecule has 0 radical (unpaired) electrons. The number of carbonyl (C=O) groups is 2. The minimum atomic E-state index is -0.935. The number of amides is 2. The van der Waals surface area contributed by atoms with E-state index >= 15 is 0 Å². The minimum Gasteiger partial charge on any atom is -0.481 e. The lowest BCUT2D eigenvalue weighted by atomic mass is 10.1. The summed E-state index contributed by atoms with van der Waals surface area (Å²) < 4.78 is 5.45. The summed E-state index contributed by atoms with van der Waals surface area (Å²) in [6, 6.07) is -0.683. The lowest BCUT2D eigenvalue weighted by molar-refractivity contribution is -0.137. The van der Waals surface area contributed by atoms with E-state index in [1.165, 1.54) is 0 Å². The SMILES string of the molecule is CCC(CC(=O)O)NC(=O)N1CC(C)OC(CO)C1. The molecule has 1 aliphatic heterocycles. The van der Waals surface area contributed by atoms with Gasteiger partial charge in [0.2, 0.25) is 0 Å². The van der Waals surface area contributed by atoms with Gasteiger partial charge in [-0.3, -0.25) is 4.79 Å². The van der Waals surface area contributed by atoms with Gasteiger partial charge in [0.25, 0.3) is 0 Å². The van der Waals surface area contributed by atoms with Crippen LogP contribution in [0.5, 0.6) is 0 Å². The van der Waals surface area contributed by atoms with Crippen molar-refractivity contribution in [2.24, 2.45) is 0 Å². The predicted octanol–water partition coefficient (Wildman–Crippen LogP) is 0.0309. The second-order valence-corrected chi connectivity index (χ2v) is 4.81. The Labute approximate surface area is 112 Å². The average Bonchev–Trinajstić information content (AvgIpc) is 2.36. The highest BCUT2D eigenvalue weighted by Gasteiger charge is 2.29. The summed E-state index contributed by atoms with van der Waals surface area (Å²) in [5.41, 5.74) is 0. The third-order valence-corrected chi connectivity index (χ3v) is 3.06. The summed E-state index contributed by atoms with van der Waals surface area (Å²) in [5.74, 6) is -0.935. The third-order valence-electron chi connectivity index (χ3n) is 3.06. The Kier molecular flexibility index (Phi) is 6.04. The predicted molar refractivity (Wildman–Crippen MR) is 67.9 cm³/mol. The van der Waals surface area contributed by atoms with Crippen LogP contribution in [0.3, 0.4) is 0 Å². The molecule has 0 aromatic heterocycles. The molecule has 0 spiro atoms. The van der Waals surface area contributed by atoms with E-state index in [4.69, 9.17) is 14.9 Å². The Hall–Kier alpha value is -1.34. The quantitative estimate of drug-likeness (QED) is 0.657. The second kappa shape index (κ2) is 7.30. The smallest absolute Gasteiger partial charge is 0.317 e. The first-order valence-corrected chi connectivity index (χ1v) is 6.49. The maximum atomic E-state index is 12.0. The van der Waals surface area contributed by atoms with Crippen LogP contribution in [-0.2, 0) is 9.53 Å². The molecule has 0 aromatic carbocycles. The zero-order valence-electron chi connectivity index (χ0n) is 11.3. The maximum absolute atomic E-state index is 12.0. The summed E-state index contributed by atoms with van der Waals surface area (Å²) in [6.07, 6.45) is -0.0577. The van der Waals surface area contributed by atoms with Crippen LogP contribution in [0.15, 0.2) is 0 Å². The van der Waals surface area contributed by atoms with E-state index in [1.54, 1.807) is 4.90 Å². The fourth-order valence-corrected chi connectivity index (χ4v) is 2.09. The van der Waals surface area contributed by atoms with Gasteiger partial charge >= 0.3 is 12.0 Å². The molecule has 0 saturated carbocycles. The van der Waals surface area contributed by atoms with E-state index in [1.807, 2.05) is 13.8 Å². The molecule has 1 saturated heterocycles. The number of hydrogen-bond acceptors (Lipinski definition) is 4. The molecule has 3 atom stereocenters. The van der Waals surface area contributed by atoms with Gasteiger partial charge in [-0.1, -0.05) is 6.92 Å². The second-order valence-electron chi connectivity index (χ2n) is 4.81. The van der Waals surface area contributed by atoms with Gasteiger partial charge in [0.15, 0.2) is 0 Å². The highest BCUT2D eigenvalue weighted by Crippen LogP contribution is 2.11. The lowest BCUT2D eigenvalue weighted by Gasteiger charge is -2.36. The van der Waals surface area contributed by atoms with Gasteiger partial charge in [-0.05, 0) is 13.3 Å². The normalized spacial score (nSPS) is 24.9. The number of hydrogen-bond donors (Lipinski definition) is 3. The van der Waals surface area contributed by atoms with Crippen molar-refractivity contribution in [2.75, 3.05) is 19.7 Å². The zero-order valence-corrected chi connectivity index (χ0v) is 11.3. The fourth-order valence-electron chi connectivity index (χ4n) is 2.09. The molecule has 1 fully saturated rings. The summed E-state index contributed by atoms with van der Waals surface area (Å²) in [7, 11) is 0. The number of carboxylic acids is 1. The number of nitrogens with one attached hydrogen (secondary N) is 1. The Morgan fingerprint density at radius 1 is 1.47 bits per heavy atom. The monoisotopic (exact) mass is 274 g/mol. The number of ether oxygens (including phenoxy) is 1. The number of morpholine rings is 1. The molecule has 3 unspecified atom stereocenters. The molecule has 0 aromatic rings. The summed E-state index contributed by atoms with van der Waals surface area (Å²) in [6.45, 7) is 4.27. The van der Waals surface area contributed by atoms with E-state index in [0.29, 0.717) is 19.5 Å². The van der Waals surface area contributed by atoms with Gasteiger partial charge in [0.1, 0.15) is 0 Å². The van der Waals surface area contributed by atoms with Gasteiger partial charge in [0, 0.05) is 12.6 Å². The molecule has 2 amide bonds. The van der Waals surface area contributed by atoms with E-state index in [0.717, 1.165) is 0 Å². The molecule has 1 heterocycles. The molecular formula is C12H22N2O5. The molecule has 1 rings (SSSR count). The van der Waals surface area contributed by atoms with Crippen molar-refractivity contribution >= 4 is 12.0 Å². The third kappa shape index (κ3) is 5.04. The zero-order chi connectivity index (χ0) is 14.4. The van der Waals surface area contributed by atoms with Crippen molar-refractivity contribution < 1.29 is 24.5 Å². The fraction of sp³-hybridized carbons (Fsp3) is 0.833. The Bertz CT molecular complexity index is 323. The van der Waals surface area contributed by atoms with E-state index < -0.39 is 5.97 Å². The lowest BCUT2D eigenvalue weighted by Crippen LogP contribution is -2.55. The molecule has 7 nitrogen and oxygen atoms in total. The molecule has 19 heavy (non-hydrogen) atoms. The largest absolute Gasteiger partial charge is 0.481 e. The van der Waals surface area contributed by atoms with Crippen LogP contribution < -0.4 is 5.32 Å². The molecule has 110 valence electrons. The van der Waals surface area contributed by atoms with E-state index in [-0.39, 0.29) is 37.3 Å². The standard InChI is InChI=1S/C12H22N2O5/c1-3-9(4-11(16)17)13-12(18)14-5-8(2)19-10(6-14)7-15/h8-10,15H,3-7H2,1-2H3,(H,13,18)(H,16,17). The average molecular weight is 274 g/mol. The number of aliphatic hydroxyl groups excluding tert-OH is 1. The number of nitrogens with zero attached hydrogens (tertiary/aromatic N) is 1. The minimum absolute atomic E-state index is 0.0917. The van der Waals surface area contributed by atoms with E-state index in [2.05, 4.69) is 5.32 Å². The van der Waals surface area contributed by atoms with Crippen LogP contribution in [0.1, 0.15) is 26.7 Å².